The molecule has 0 bridgehead atoms. The molecule has 4 saturated heterocycles. The summed E-state index contributed by atoms with van der Waals surface area (Å²) < 4.78 is 32.2. The monoisotopic (exact) mass is 772 g/mol. The van der Waals surface area contributed by atoms with Crippen molar-refractivity contribution in [1.82, 2.24) is 0 Å². The summed E-state index contributed by atoms with van der Waals surface area (Å²) in [4.78, 5) is 0. The molecule has 8 nitrogen and oxygen atoms in total. The Morgan fingerprint density at radius 1 is 0.733 bits per heavy atom. The van der Waals surface area contributed by atoms with Gasteiger partial charge in [-0.2, -0.15) is 6.61 Å². The Bertz CT molecular complexity index is 413. The molecular weight excluding hydrogens is 736 g/mol. The van der Waals surface area contributed by atoms with Crippen LogP contribution in [0.3, 0.4) is 0 Å². The Kier molecular flexibility index (Phi) is 16.7. The van der Waals surface area contributed by atoms with Gasteiger partial charge in [0.15, 0.2) is 12.6 Å². The van der Waals surface area contributed by atoms with E-state index in [4.69, 9.17) is 28.4 Å². The molecule has 4 aliphatic rings. The van der Waals surface area contributed by atoms with Crippen LogP contribution in [-0.2, 0) is 70.6 Å². The van der Waals surface area contributed by atoms with Crippen LogP contribution in [0.15, 0.2) is 0 Å². The minimum Gasteiger partial charge on any atom is -0.546 e. The molecule has 4 rings (SSSR count). The summed E-state index contributed by atoms with van der Waals surface area (Å²) >= 11 is 0. The van der Waals surface area contributed by atoms with E-state index in [9.17, 15) is 10.2 Å². The van der Waals surface area contributed by atoms with Crippen LogP contribution in [0.5, 0.6) is 0 Å². The van der Waals surface area contributed by atoms with Crippen molar-refractivity contribution < 1.29 is 80.8 Å². The molecule has 10 heteroatoms. The van der Waals surface area contributed by atoms with Crippen molar-refractivity contribution in [3.05, 3.63) is 28.1 Å². The van der Waals surface area contributed by atoms with Gasteiger partial charge in [-0.05, 0) is 25.9 Å². The molecule has 4 fully saturated rings. The maximum Gasteiger partial charge on any atom is 2.00 e. The zero-order chi connectivity index (χ0) is 18.8. The quantitative estimate of drug-likeness (QED) is 0.359. The van der Waals surface area contributed by atoms with E-state index < -0.39 is 12.2 Å². The first kappa shape index (κ1) is 33.2. The maximum atomic E-state index is 9.80. The van der Waals surface area contributed by atoms with Gasteiger partial charge >= 0.3 is 42.1 Å². The van der Waals surface area contributed by atoms with Gasteiger partial charge in [0.05, 0.1) is 37.6 Å². The molecule has 0 aromatic carbocycles. The second-order valence-electron chi connectivity index (χ2n) is 7.32. The number of hydrogen-bond acceptors (Lipinski definition) is 8. The Hall–Kier alpha value is 1.06. The first-order valence-electron chi connectivity index (χ1n) is 9.24. The minimum atomic E-state index is -0.536. The van der Waals surface area contributed by atoms with Crippen molar-refractivity contribution in [2.45, 2.75) is 76.9 Å². The van der Waals surface area contributed by atoms with Gasteiger partial charge < -0.3 is 53.5 Å². The van der Waals surface area contributed by atoms with Crippen LogP contribution in [0.25, 0.3) is 0 Å². The largest absolute Gasteiger partial charge is 2.00 e. The van der Waals surface area contributed by atoms with Gasteiger partial charge in [-0.3, -0.25) is 0 Å². The molecule has 176 valence electrons. The van der Waals surface area contributed by atoms with Gasteiger partial charge in [0.25, 0.3) is 0 Å². The third kappa shape index (κ3) is 8.13. The summed E-state index contributed by atoms with van der Waals surface area (Å²) in [6, 6.07) is 0. The van der Waals surface area contributed by atoms with Gasteiger partial charge in [-0.1, -0.05) is 13.8 Å². The third-order valence-corrected chi connectivity index (χ3v) is 5.21. The van der Waals surface area contributed by atoms with Crippen LogP contribution < -0.4 is 0 Å². The van der Waals surface area contributed by atoms with Gasteiger partial charge in [0, 0.05) is 0 Å². The molecule has 4 heterocycles. The van der Waals surface area contributed by atoms with Crippen LogP contribution in [-0.4, -0.2) is 72.6 Å². The summed E-state index contributed by atoms with van der Waals surface area (Å²) in [6.45, 7) is 11.7. The first-order valence-corrected chi connectivity index (χ1v) is 9.24. The van der Waals surface area contributed by atoms with Crippen molar-refractivity contribution in [1.29, 1.82) is 0 Å². The molecule has 0 amide bonds. The van der Waals surface area contributed by atoms with E-state index in [0.717, 1.165) is 0 Å². The second kappa shape index (κ2) is 15.1. The summed E-state index contributed by atoms with van der Waals surface area (Å²) in [7, 11) is 0. The fourth-order valence-electron chi connectivity index (χ4n) is 3.45. The topological polar surface area (TPSA) is 95.8 Å². The number of ether oxygens (including phenoxy) is 6. The predicted molar refractivity (Wildman–Crippen MR) is 102 cm³/mol. The smallest absolute Gasteiger partial charge is 0.546 e. The van der Waals surface area contributed by atoms with Crippen molar-refractivity contribution >= 4 is 0 Å². The molecule has 4 aliphatic heterocycles. The standard InChI is InChI=1S/2C9H15O4.2CH3.2W/c1-5-7(10)3-12-8-4-11-6(2)13-9(5)8;1-5-3-12-7-4-11-6(2)13-9(7)8(5)10;;;;/h2*3,5-10H,4H2,1-2H3;2*1H3;;/q4*-1;2*+2. The van der Waals surface area contributed by atoms with Crippen LogP contribution in [0.4, 0.5) is 0 Å². The van der Waals surface area contributed by atoms with Crippen LogP contribution >= 0.6 is 0 Å². The van der Waals surface area contributed by atoms with E-state index in [2.05, 4.69) is 0 Å². The van der Waals surface area contributed by atoms with E-state index >= 15 is 0 Å². The van der Waals surface area contributed by atoms with Gasteiger partial charge in [0.2, 0.25) is 0 Å². The molecule has 0 aromatic heterocycles. The number of rotatable bonds is 0. The van der Waals surface area contributed by atoms with E-state index in [1.165, 1.54) is 6.61 Å². The fraction of sp³-hybridized carbons (Fsp3) is 0.800. The molecule has 0 aromatic rings. The minimum absolute atomic E-state index is 0. The zero-order valence-electron chi connectivity index (χ0n) is 18.5. The fourth-order valence-corrected chi connectivity index (χ4v) is 3.45. The van der Waals surface area contributed by atoms with Crippen molar-refractivity contribution in [3.63, 3.8) is 0 Å². The molecule has 10 atom stereocenters. The van der Waals surface area contributed by atoms with Gasteiger partial charge in [-0.15, -0.1) is 5.92 Å². The molecular formula is C20H36O8W2. The SMILES string of the molecule is CC1OCC2O[CH-]C(C)C(O)C2O1.CC1OCC2O[CH-]C(O)C(C)C2O1.[CH3-].[CH3-].[W+2].[W+2]. The molecule has 0 spiro atoms. The van der Waals surface area contributed by atoms with Crippen LogP contribution in [0.2, 0.25) is 0 Å². The number of fused-ring (bicyclic) bond motifs is 2. The Morgan fingerprint density at radius 2 is 1.20 bits per heavy atom. The Labute approximate surface area is 210 Å². The summed E-state index contributed by atoms with van der Waals surface area (Å²) in [6.07, 6.45) is -1.97. The van der Waals surface area contributed by atoms with Crippen LogP contribution in [0.1, 0.15) is 27.7 Å². The number of aliphatic hydroxyl groups excluding tert-OH is 2. The normalized spacial score (nSPS) is 44.6. The maximum absolute atomic E-state index is 9.80. The van der Waals surface area contributed by atoms with Crippen molar-refractivity contribution in [2.75, 3.05) is 13.2 Å². The van der Waals surface area contributed by atoms with E-state index in [0.29, 0.717) is 13.2 Å². The van der Waals surface area contributed by atoms with Gasteiger partial charge in [0.1, 0.15) is 6.10 Å². The average Bonchev–Trinajstić information content (AvgIpc) is 2.63. The van der Waals surface area contributed by atoms with E-state index in [-0.39, 0.29) is 106 Å². The molecule has 0 aliphatic carbocycles. The number of hydrogen-bond donors (Lipinski definition) is 2. The van der Waals surface area contributed by atoms with Crippen molar-refractivity contribution in [3.8, 4) is 0 Å². The first-order chi connectivity index (χ1) is 12.4. The molecule has 10 unspecified atom stereocenters. The van der Waals surface area contributed by atoms with E-state index in [1.807, 2.05) is 27.7 Å². The molecule has 0 radical (unpaired) electrons. The van der Waals surface area contributed by atoms with Crippen molar-refractivity contribution in [2.24, 2.45) is 11.8 Å². The predicted octanol–water partition coefficient (Wildman–Crippen LogP) is 1.51. The summed E-state index contributed by atoms with van der Waals surface area (Å²) in [5.74, 6) is 0.0941. The third-order valence-electron chi connectivity index (χ3n) is 5.21. The second-order valence-corrected chi connectivity index (χ2v) is 7.32. The van der Waals surface area contributed by atoms with Gasteiger partial charge in [-0.25, -0.2) is 6.61 Å². The van der Waals surface area contributed by atoms with E-state index in [1.54, 1.807) is 6.61 Å². The number of aliphatic hydroxyl groups is 2. The van der Waals surface area contributed by atoms with Crippen LogP contribution in [0, 0.1) is 39.9 Å². The molecule has 30 heavy (non-hydrogen) atoms. The Balaban J connectivity index is 0. The Morgan fingerprint density at radius 3 is 1.77 bits per heavy atom. The molecule has 2 N–H and O–H groups in total. The summed E-state index contributed by atoms with van der Waals surface area (Å²) in [5, 5.41) is 19.3. The zero-order valence-corrected chi connectivity index (χ0v) is 24.4. The molecule has 0 saturated carbocycles. The average molecular weight is 772 g/mol. The summed E-state index contributed by atoms with van der Waals surface area (Å²) in [5.41, 5.74) is 0.